The van der Waals surface area contributed by atoms with Crippen LogP contribution >= 0.6 is 0 Å². The second kappa shape index (κ2) is 6.39. The number of carbonyl (C=O) groups is 3. The number of carbonyl (C=O) groups excluding carboxylic acids is 3. The van der Waals surface area contributed by atoms with Crippen molar-refractivity contribution >= 4 is 17.7 Å². The highest BCUT2D eigenvalue weighted by molar-refractivity contribution is 5.93. The molecule has 0 spiro atoms. The van der Waals surface area contributed by atoms with Crippen molar-refractivity contribution in [2.75, 3.05) is 0 Å². The monoisotopic (exact) mass is 289 g/mol. The molecule has 21 heavy (non-hydrogen) atoms. The third-order valence-corrected chi connectivity index (χ3v) is 3.53. The highest BCUT2D eigenvalue weighted by atomic mass is 16.2. The summed E-state index contributed by atoms with van der Waals surface area (Å²) < 4.78 is 0. The summed E-state index contributed by atoms with van der Waals surface area (Å²) >= 11 is 0. The summed E-state index contributed by atoms with van der Waals surface area (Å²) in [5.74, 6) is -1.10. The topological polar surface area (TPSA) is 101 Å². The predicted molar refractivity (Wildman–Crippen MR) is 77.2 cm³/mol. The molecule has 0 aliphatic carbocycles. The maximum atomic E-state index is 12.0. The van der Waals surface area contributed by atoms with E-state index in [4.69, 9.17) is 5.73 Å². The van der Waals surface area contributed by atoms with Crippen molar-refractivity contribution in [1.82, 2.24) is 10.6 Å². The number of aryl methyl sites for hydroxylation is 1. The maximum absolute atomic E-state index is 12.0. The van der Waals surface area contributed by atoms with Crippen molar-refractivity contribution in [3.8, 4) is 0 Å². The van der Waals surface area contributed by atoms with Gasteiger partial charge in [-0.3, -0.25) is 14.4 Å². The fraction of sp³-hybridized carbons (Fsp3) is 0.400. The summed E-state index contributed by atoms with van der Waals surface area (Å²) in [6, 6.07) is 6.32. The average Bonchev–Trinajstić information content (AvgIpc) is 2.87. The quantitative estimate of drug-likeness (QED) is 0.699. The van der Waals surface area contributed by atoms with Crippen LogP contribution in [0.5, 0.6) is 0 Å². The molecule has 112 valence electrons. The van der Waals surface area contributed by atoms with Crippen LogP contribution in [0.4, 0.5) is 0 Å². The fourth-order valence-corrected chi connectivity index (χ4v) is 2.27. The Bertz CT molecular complexity index is 554. The second-order valence-electron chi connectivity index (χ2n) is 5.31. The minimum atomic E-state index is -0.780. The van der Waals surface area contributed by atoms with Crippen molar-refractivity contribution < 1.29 is 14.4 Å². The van der Waals surface area contributed by atoms with Crippen LogP contribution in [-0.2, 0) is 20.8 Å². The van der Waals surface area contributed by atoms with Crippen molar-refractivity contribution in [1.29, 1.82) is 0 Å². The molecular formula is C15H19N3O3. The van der Waals surface area contributed by atoms with E-state index in [1.54, 1.807) is 0 Å². The molecule has 0 bridgehead atoms. The van der Waals surface area contributed by atoms with Crippen LogP contribution in [0.1, 0.15) is 24.0 Å². The van der Waals surface area contributed by atoms with Crippen LogP contribution in [0.15, 0.2) is 24.3 Å². The fourth-order valence-electron chi connectivity index (χ4n) is 2.27. The Labute approximate surface area is 123 Å². The van der Waals surface area contributed by atoms with Gasteiger partial charge in [-0.05, 0) is 18.9 Å². The molecule has 1 saturated heterocycles. The molecule has 4 N–H and O–H groups in total. The van der Waals surface area contributed by atoms with Gasteiger partial charge in [0, 0.05) is 12.8 Å². The summed E-state index contributed by atoms with van der Waals surface area (Å²) in [6.45, 7) is 1.97. The molecule has 1 aromatic rings. The molecule has 0 saturated carbocycles. The number of rotatable bonds is 5. The molecule has 2 rings (SSSR count). The van der Waals surface area contributed by atoms with Crippen LogP contribution in [0.25, 0.3) is 0 Å². The van der Waals surface area contributed by atoms with Gasteiger partial charge in [0.2, 0.25) is 17.7 Å². The first-order valence-electron chi connectivity index (χ1n) is 6.90. The minimum Gasteiger partial charge on any atom is -0.368 e. The third kappa shape index (κ3) is 4.05. The Hall–Kier alpha value is -2.37. The lowest BCUT2D eigenvalue weighted by Gasteiger charge is -2.18. The molecule has 2 atom stereocenters. The van der Waals surface area contributed by atoms with Crippen molar-refractivity contribution in [2.45, 2.75) is 38.3 Å². The van der Waals surface area contributed by atoms with E-state index >= 15 is 0 Å². The van der Waals surface area contributed by atoms with Gasteiger partial charge in [0.05, 0.1) is 0 Å². The first-order chi connectivity index (χ1) is 9.95. The zero-order valence-electron chi connectivity index (χ0n) is 11.9. The van der Waals surface area contributed by atoms with Crippen molar-refractivity contribution in [3.05, 3.63) is 35.4 Å². The Morgan fingerprint density at radius 2 is 2.05 bits per heavy atom. The molecular weight excluding hydrogens is 270 g/mol. The van der Waals surface area contributed by atoms with Crippen molar-refractivity contribution in [3.63, 3.8) is 0 Å². The molecule has 6 heteroatoms. The molecule has 3 amide bonds. The number of benzene rings is 1. The lowest BCUT2D eigenvalue weighted by atomic mass is 10.0. The SMILES string of the molecule is Cc1ccc(C[C@H](NC(=O)[C@@H]2CCC(=O)N2)C(N)=O)cc1. The normalized spacial score (nSPS) is 18.9. The Morgan fingerprint density at radius 3 is 2.57 bits per heavy atom. The zero-order valence-corrected chi connectivity index (χ0v) is 11.9. The first-order valence-corrected chi connectivity index (χ1v) is 6.90. The van der Waals surface area contributed by atoms with E-state index in [0.29, 0.717) is 19.3 Å². The van der Waals surface area contributed by atoms with Gasteiger partial charge in [-0.2, -0.15) is 0 Å². The highest BCUT2D eigenvalue weighted by Crippen LogP contribution is 2.09. The molecule has 1 heterocycles. The van der Waals surface area contributed by atoms with Gasteiger partial charge in [0.1, 0.15) is 12.1 Å². The maximum Gasteiger partial charge on any atom is 0.243 e. The summed E-state index contributed by atoms with van der Waals surface area (Å²) in [6.07, 6.45) is 1.11. The van der Waals surface area contributed by atoms with Gasteiger partial charge in [-0.25, -0.2) is 0 Å². The largest absolute Gasteiger partial charge is 0.368 e. The van der Waals surface area contributed by atoms with Gasteiger partial charge < -0.3 is 16.4 Å². The molecule has 1 aliphatic heterocycles. The van der Waals surface area contributed by atoms with E-state index in [1.165, 1.54) is 0 Å². The van der Waals surface area contributed by atoms with Crippen LogP contribution in [0.3, 0.4) is 0 Å². The van der Waals surface area contributed by atoms with E-state index in [2.05, 4.69) is 10.6 Å². The van der Waals surface area contributed by atoms with Gasteiger partial charge in [-0.15, -0.1) is 0 Å². The summed E-state index contributed by atoms with van der Waals surface area (Å²) in [5, 5.41) is 5.18. The zero-order chi connectivity index (χ0) is 15.4. The van der Waals surface area contributed by atoms with Crippen LogP contribution in [0, 0.1) is 6.92 Å². The lowest BCUT2D eigenvalue weighted by Crippen LogP contribution is -2.51. The average molecular weight is 289 g/mol. The van der Waals surface area contributed by atoms with Gasteiger partial charge in [0.25, 0.3) is 0 Å². The Balaban J connectivity index is 1.99. The van der Waals surface area contributed by atoms with Gasteiger partial charge in [-0.1, -0.05) is 29.8 Å². The minimum absolute atomic E-state index is 0.149. The van der Waals surface area contributed by atoms with Gasteiger partial charge >= 0.3 is 0 Å². The van der Waals surface area contributed by atoms with Crippen molar-refractivity contribution in [2.24, 2.45) is 5.73 Å². The lowest BCUT2D eigenvalue weighted by molar-refractivity contribution is -0.129. The number of nitrogens with one attached hydrogen (secondary N) is 2. The van der Waals surface area contributed by atoms with E-state index in [1.807, 2.05) is 31.2 Å². The Morgan fingerprint density at radius 1 is 1.38 bits per heavy atom. The molecule has 1 aliphatic rings. The molecule has 6 nitrogen and oxygen atoms in total. The predicted octanol–water partition coefficient (Wildman–Crippen LogP) is -0.214. The number of nitrogens with two attached hydrogens (primary N) is 1. The van der Waals surface area contributed by atoms with E-state index < -0.39 is 18.0 Å². The second-order valence-corrected chi connectivity index (χ2v) is 5.31. The molecule has 0 aromatic heterocycles. The standard InChI is InChI=1S/C15H19N3O3/c1-9-2-4-10(5-3-9)8-12(14(16)20)18-15(21)11-6-7-13(19)17-11/h2-5,11-12H,6-8H2,1H3,(H2,16,20)(H,17,19)(H,18,21)/t11-,12-/m0/s1. The number of hydrogen-bond acceptors (Lipinski definition) is 3. The van der Waals surface area contributed by atoms with E-state index in [9.17, 15) is 14.4 Å². The van der Waals surface area contributed by atoms with Crippen LogP contribution in [-0.4, -0.2) is 29.8 Å². The highest BCUT2D eigenvalue weighted by Gasteiger charge is 2.29. The number of primary amides is 1. The third-order valence-electron chi connectivity index (χ3n) is 3.53. The molecule has 1 fully saturated rings. The van der Waals surface area contributed by atoms with Crippen LogP contribution < -0.4 is 16.4 Å². The van der Waals surface area contributed by atoms with E-state index in [0.717, 1.165) is 11.1 Å². The summed E-state index contributed by atoms with van der Waals surface area (Å²) in [4.78, 5) is 34.6. The molecule has 0 unspecified atom stereocenters. The summed E-state index contributed by atoms with van der Waals surface area (Å²) in [7, 11) is 0. The number of amides is 3. The molecule has 0 radical (unpaired) electrons. The smallest absolute Gasteiger partial charge is 0.243 e. The summed E-state index contributed by atoms with van der Waals surface area (Å²) in [5.41, 5.74) is 7.38. The van der Waals surface area contributed by atoms with Gasteiger partial charge in [0.15, 0.2) is 0 Å². The Kier molecular flexibility index (Phi) is 4.57. The van der Waals surface area contributed by atoms with Crippen LogP contribution in [0.2, 0.25) is 0 Å². The first kappa shape index (κ1) is 15.0. The van der Waals surface area contributed by atoms with E-state index in [-0.39, 0.29) is 11.8 Å². The molecule has 1 aromatic carbocycles. The number of hydrogen-bond donors (Lipinski definition) is 3.